The van der Waals surface area contributed by atoms with E-state index < -0.39 is 0 Å². The summed E-state index contributed by atoms with van der Waals surface area (Å²) in [6.45, 7) is 1.90. The van der Waals surface area contributed by atoms with Crippen LogP contribution < -0.4 is 0 Å². The molecule has 0 atom stereocenters. The molecule has 1 rings (SSSR count). The van der Waals surface area contributed by atoms with Crippen LogP contribution in [0.4, 0.5) is 0 Å². The summed E-state index contributed by atoms with van der Waals surface area (Å²) < 4.78 is 0.528. The Hall–Kier alpha value is -0.840. The van der Waals surface area contributed by atoms with E-state index in [1.54, 1.807) is 27.7 Å². The Morgan fingerprint density at radius 1 is 1.33 bits per heavy atom. The highest BCUT2D eigenvalue weighted by Gasteiger charge is 2.20. The van der Waals surface area contributed by atoms with Crippen LogP contribution in [0.2, 0.25) is 0 Å². The topological polar surface area (TPSA) is 47.6 Å². The van der Waals surface area contributed by atoms with Crippen LogP contribution in [0.15, 0.2) is 23.3 Å². The lowest BCUT2D eigenvalue weighted by Gasteiger charge is -1.87. The summed E-state index contributed by atoms with van der Waals surface area (Å²) in [5.41, 5.74) is 1.15. The molecule has 0 amide bonds. The molecule has 1 heterocycles. The molecule has 0 radical (unpaired) electrons. The van der Waals surface area contributed by atoms with Crippen molar-refractivity contribution in [2.75, 3.05) is 0 Å². The average molecular weight is 194 g/mol. The summed E-state index contributed by atoms with van der Waals surface area (Å²) in [5.74, 6) is 0. The van der Waals surface area contributed by atoms with Crippen molar-refractivity contribution in [1.82, 2.24) is 0 Å². The molecule has 1 aliphatic rings. The first-order chi connectivity index (χ1) is 5.76. The third-order valence-electron chi connectivity index (χ3n) is 1.22. The van der Waals surface area contributed by atoms with E-state index >= 15 is 0 Å². The summed E-state index contributed by atoms with van der Waals surface area (Å²) in [4.78, 5) is 0. The first-order valence-electron chi connectivity index (χ1n) is 3.28. The summed E-state index contributed by atoms with van der Waals surface area (Å²) in [6, 6.07) is 3.64. The largest absolute Gasteiger partial charge is 0.192 e. The van der Waals surface area contributed by atoms with Crippen LogP contribution in [0.5, 0.6) is 0 Å². The Labute approximate surface area is 79.3 Å². The lowest BCUT2D eigenvalue weighted by molar-refractivity contribution is 1.42. The zero-order chi connectivity index (χ0) is 8.97. The Morgan fingerprint density at radius 3 is 2.33 bits per heavy atom. The lowest BCUT2D eigenvalue weighted by Crippen LogP contribution is -1.77. The third kappa shape index (κ3) is 3.04. The van der Waals surface area contributed by atoms with Crippen molar-refractivity contribution in [3.63, 3.8) is 0 Å². The van der Waals surface area contributed by atoms with Gasteiger partial charge < -0.3 is 0 Å². The molecule has 12 heavy (non-hydrogen) atoms. The summed E-state index contributed by atoms with van der Waals surface area (Å²) in [5, 5.41) is 16.9. The predicted octanol–water partition coefficient (Wildman–Crippen LogP) is 2.63. The molecule has 0 aromatic carbocycles. The molecule has 4 heteroatoms. The lowest BCUT2D eigenvalue weighted by atomic mass is 10.2. The summed E-state index contributed by atoms with van der Waals surface area (Å²) >= 11 is 0. The van der Waals surface area contributed by atoms with Gasteiger partial charge >= 0.3 is 0 Å². The zero-order valence-electron chi connectivity index (χ0n) is 6.44. The van der Waals surface area contributed by atoms with Crippen molar-refractivity contribution in [2.45, 2.75) is 11.5 Å². The van der Waals surface area contributed by atoms with Gasteiger partial charge in [0.05, 0.1) is 4.58 Å². The molecule has 0 unspecified atom stereocenters. The number of nitrogens with zero attached hydrogens (tertiary/aromatic N) is 2. The van der Waals surface area contributed by atoms with Crippen LogP contribution in [0.25, 0.3) is 0 Å². The maximum atomic E-state index is 8.45. The highest BCUT2D eigenvalue weighted by Crippen LogP contribution is 2.54. The van der Waals surface area contributed by atoms with Crippen LogP contribution in [-0.4, -0.2) is 4.58 Å². The molecular formula is C8H6N2S2. The van der Waals surface area contributed by atoms with Gasteiger partial charge in [-0.2, -0.15) is 10.5 Å². The SMILES string of the molecule is C/C(C=C(C#N)C#N)=C\C1SS1. The van der Waals surface area contributed by atoms with E-state index in [9.17, 15) is 0 Å². The van der Waals surface area contributed by atoms with Gasteiger partial charge in [0.1, 0.15) is 17.7 Å². The van der Waals surface area contributed by atoms with Crippen molar-refractivity contribution in [3.05, 3.63) is 23.3 Å². The molecule has 0 spiro atoms. The van der Waals surface area contributed by atoms with Gasteiger partial charge in [0.2, 0.25) is 0 Å². The molecule has 1 aliphatic heterocycles. The van der Waals surface area contributed by atoms with E-state index in [1.165, 1.54) is 0 Å². The maximum absolute atomic E-state index is 8.45. The smallest absolute Gasteiger partial charge is 0.129 e. The molecule has 0 saturated carbocycles. The summed E-state index contributed by atoms with van der Waals surface area (Å²) in [7, 11) is 3.57. The molecule has 0 bridgehead atoms. The van der Waals surface area contributed by atoms with Crippen molar-refractivity contribution < 1.29 is 0 Å². The van der Waals surface area contributed by atoms with Crippen LogP contribution in [0.3, 0.4) is 0 Å². The van der Waals surface area contributed by atoms with Gasteiger partial charge in [-0.15, -0.1) is 0 Å². The van der Waals surface area contributed by atoms with Gasteiger partial charge in [-0.1, -0.05) is 33.2 Å². The molecule has 1 saturated heterocycles. The molecule has 0 aromatic heterocycles. The van der Waals surface area contributed by atoms with Gasteiger partial charge in [-0.25, -0.2) is 0 Å². The van der Waals surface area contributed by atoms with Gasteiger partial charge in [-0.3, -0.25) is 0 Å². The number of hydrogen-bond acceptors (Lipinski definition) is 4. The standard InChI is InChI=1S/C8H6N2S2/c1-6(3-8-11-12-8)2-7(4-9)5-10/h2-3,8H,1H3/b6-3+. The first-order valence-corrected chi connectivity index (χ1v) is 5.56. The van der Waals surface area contributed by atoms with Crippen LogP contribution >= 0.6 is 21.6 Å². The molecule has 0 aromatic rings. The second-order valence-electron chi connectivity index (χ2n) is 2.25. The molecule has 60 valence electrons. The van der Waals surface area contributed by atoms with E-state index in [-0.39, 0.29) is 5.57 Å². The van der Waals surface area contributed by atoms with Gasteiger partial charge in [0.15, 0.2) is 0 Å². The highest BCUT2D eigenvalue weighted by molar-refractivity contribution is 8.92. The Kier molecular flexibility index (Phi) is 3.28. The van der Waals surface area contributed by atoms with Crippen LogP contribution in [0.1, 0.15) is 6.92 Å². The quantitative estimate of drug-likeness (QED) is 0.293. The van der Waals surface area contributed by atoms with Crippen molar-refractivity contribution in [3.8, 4) is 12.1 Å². The Bertz CT molecular complexity index is 297. The number of hydrogen-bond donors (Lipinski definition) is 0. The van der Waals surface area contributed by atoms with E-state index in [1.807, 2.05) is 25.1 Å². The predicted molar refractivity (Wildman–Crippen MR) is 52.0 cm³/mol. The molecule has 0 N–H and O–H groups in total. The fraction of sp³-hybridized carbons (Fsp3) is 0.250. The van der Waals surface area contributed by atoms with Gasteiger partial charge in [-0.05, 0) is 13.0 Å². The minimum atomic E-state index is 0.166. The molecule has 1 fully saturated rings. The third-order valence-corrected chi connectivity index (χ3v) is 3.15. The fourth-order valence-electron chi connectivity index (χ4n) is 0.668. The van der Waals surface area contributed by atoms with Crippen LogP contribution in [-0.2, 0) is 0 Å². The molecule has 2 nitrogen and oxygen atoms in total. The van der Waals surface area contributed by atoms with Crippen molar-refractivity contribution in [2.24, 2.45) is 0 Å². The number of allylic oxidation sites excluding steroid dienone is 3. The van der Waals surface area contributed by atoms with Crippen molar-refractivity contribution >= 4 is 21.6 Å². The zero-order valence-corrected chi connectivity index (χ0v) is 8.08. The molecular weight excluding hydrogens is 188 g/mol. The van der Waals surface area contributed by atoms with E-state index in [4.69, 9.17) is 10.5 Å². The normalized spacial score (nSPS) is 16.1. The Balaban J connectivity index is 2.65. The highest BCUT2D eigenvalue weighted by atomic mass is 33.2. The van der Waals surface area contributed by atoms with Gasteiger partial charge in [0, 0.05) is 0 Å². The number of rotatable bonds is 2. The van der Waals surface area contributed by atoms with Gasteiger partial charge in [0.25, 0.3) is 0 Å². The average Bonchev–Trinajstić information content (AvgIpc) is 2.84. The first kappa shape index (κ1) is 9.25. The van der Waals surface area contributed by atoms with Crippen LogP contribution in [0, 0.1) is 22.7 Å². The minimum Gasteiger partial charge on any atom is -0.192 e. The summed E-state index contributed by atoms with van der Waals surface area (Å²) in [6.07, 6.45) is 3.66. The van der Waals surface area contributed by atoms with E-state index in [0.717, 1.165) is 5.57 Å². The minimum absolute atomic E-state index is 0.166. The van der Waals surface area contributed by atoms with Crippen molar-refractivity contribution in [1.29, 1.82) is 10.5 Å². The van der Waals surface area contributed by atoms with E-state index in [0.29, 0.717) is 4.58 Å². The second kappa shape index (κ2) is 4.25. The maximum Gasteiger partial charge on any atom is 0.129 e. The fourth-order valence-corrected chi connectivity index (χ4v) is 1.80. The molecule has 0 aliphatic carbocycles. The second-order valence-corrected chi connectivity index (χ2v) is 5.11. The number of nitriles is 2. The Morgan fingerprint density at radius 2 is 1.92 bits per heavy atom. The monoisotopic (exact) mass is 194 g/mol. The van der Waals surface area contributed by atoms with E-state index in [2.05, 4.69) is 0 Å².